The fourth-order valence-corrected chi connectivity index (χ4v) is 3.42. The molecule has 0 bridgehead atoms. The predicted octanol–water partition coefficient (Wildman–Crippen LogP) is 4.46. The molecule has 0 saturated heterocycles. The number of urea groups is 1. The highest BCUT2D eigenvalue weighted by Gasteiger charge is 2.28. The summed E-state index contributed by atoms with van der Waals surface area (Å²) >= 11 is 6.28. The Balaban J connectivity index is 1.70. The molecular weight excluding hydrogens is 390 g/mol. The van der Waals surface area contributed by atoms with E-state index in [1.54, 1.807) is 12.0 Å². The van der Waals surface area contributed by atoms with E-state index in [1.165, 1.54) is 0 Å². The number of oxime groups is 1. The van der Waals surface area contributed by atoms with Gasteiger partial charge in [0.25, 0.3) is 0 Å². The number of benzene rings is 2. The Morgan fingerprint density at radius 1 is 1.31 bits per heavy atom. The van der Waals surface area contributed by atoms with Gasteiger partial charge < -0.3 is 19.8 Å². The molecule has 0 aromatic heterocycles. The first kappa shape index (κ1) is 21.0. The van der Waals surface area contributed by atoms with Gasteiger partial charge in [-0.05, 0) is 37.6 Å². The summed E-state index contributed by atoms with van der Waals surface area (Å²) in [6.45, 7) is 4.73. The molecule has 0 aliphatic carbocycles. The van der Waals surface area contributed by atoms with Gasteiger partial charge in [0.15, 0.2) is 6.10 Å². The molecule has 1 atom stereocenters. The van der Waals surface area contributed by atoms with Crippen molar-refractivity contribution in [1.82, 2.24) is 10.2 Å². The second-order valence-corrected chi connectivity index (χ2v) is 7.69. The second kappa shape index (κ2) is 9.65. The van der Waals surface area contributed by atoms with E-state index in [0.29, 0.717) is 24.5 Å². The maximum atomic E-state index is 12.8. The molecule has 7 heteroatoms. The van der Waals surface area contributed by atoms with Crippen molar-refractivity contribution in [3.8, 4) is 5.75 Å². The van der Waals surface area contributed by atoms with Crippen LogP contribution in [-0.2, 0) is 11.4 Å². The SMILES string of the molecule is COc1cccc(CN(CC2CC(c3ccccc3Cl)=NO2)C(=O)NC(C)C)c1. The second-order valence-electron chi connectivity index (χ2n) is 7.29. The van der Waals surface area contributed by atoms with Crippen LogP contribution < -0.4 is 10.1 Å². The van der Waals surface area contributed by atoms with Crippen molar-refractivity contribution < 1.29 is 14.4 Å². The van der Waals surface area contributed by atoms with Gasteiger partial charge in [0, 0.05) is 29.6 Å². The molecule has 2 aromatic carbocycles. The minimum Gasteiger partial charge on any atom is -0.497 e. The summed E-state index contributed by atoms with van der Waals surface area (Å²) in [6.07, 6.45) is 0.359. The fourth-order valence-electron chi connectivity index (χ4n) is 3.18. The molecular formula is C22H26ClN3O3. The van der Waals surface area contributed by atoms with Gasteiger partial charge in [-0.2, -0.15) is 0 Å². The Kier molecular flexibility index (Phi) is 6.99. The Hall–Kier alpha value is -2.73. The summed E-state index contributed by atoms with van der Waals surface area (Å²) in [5.74, 6) is 0.758. The highest BCUT2D eigenvalue weighted by molar-refractivity contribution is 6.34. The van der Waals surface area contributed by atoms with Crippen molar-refractivity contribution in [3.05, 3.63) is 64.7 Å². The van der Waals surface area contributed by atoms with Crippen molar-refractivity contribution in [2.75, 3.05) is 13.7 Å². The topological polar surface area (TPSA) is 63.2 Å². The highest BCUT2D eigenvalue weighted by Crippen LogP contribution is 2.24. The summed E-state index contributed by atoms with van der Waals surface area (Å²) < 4.78 is 5.29. The molecule has 0 saturated carbocycles. The summed E-state index contributed by atoms with van der Waals surface area (Å²) in [7, 11) is 1.63. The van der Waals surface area contributed by atoms with Gasteiger partial charge in [-0.3, -0.25) is 0 Å². The van der Waals surface area contributed by atoms with E-state index in [0.717, 1.165) is 22.6 Å². The molecule has 2 amide bonds. The summed E-state index contributed by atoms with van der Waals surface area (Å²) in [5, 5.41) is 7.81. The third-order valence-corrected chi connectivity index (χ3v) is 4.88. The number of hydrogen-bond donors (Lipinski definition) is 1. The molecule has 3 rings (SSSR count). The smallest absolute Gasteiger partial charge is 0.318 e. The number of carbonyl (C=O) groups excluding carboxylic acids is 1. The zero-order chi connectivity index (χ0) is 20.8. The molecule has 154 valence electrons. The molecule has 2 aromatic rings. The Morgan fingerprint density at radius 2 is 2.10 bits per heavy atom. The number of rotatable bonds is 7. The van der Waals surface area contributed by atoms with Gasteiger partial charge in [0.2, 0.25) is 0 Å². The van der Waals surface area contributed by atoms with Crippen LogP contribution in [0, 0.1) is 0 Å². The van der Waals surface area contributed by atoms with E-state index >= 15 is 0 Å². The maximum Gasteiger partial charge on any atom is 0.318 e. The average molecular weight is 416 g/mol. The number of carbonyl (C=O) groups is 1. The number of amides is 2. The van der Waals surface area contributed by atoms with Crippen LogP contribution in [0.4, 0.5) is 4.79 Å². The Morgan fingerprint density at radius 3 is 2.83 bits per heavy atom. The summed E-state index contributed by atoms with van der Waals surface area (Å²) in [4.78, 5) is 20.1. The molecule has 0 spiro atoms. The van der Waals surface area contributed by atoms with Gasteiger partial charge in [-0.1, -0.05) is 47.1 Å². The molecule has 29 heavy (non-hydrogen) atoms. The van der Waals surface area contributed by atoms with E-state index in [4.69, 9.17) is 21.2 Å². The van der Waals surface area contributed by atoms with Crippen LogP contribution in [0.1, 0.15) is 31.4 Å². The first-order valence-electron chi connectivity index (χ1n) is 9.62. The molecule has 1 aliphatic heterocycles. The van der Waals surface area contributed by atoms with Gasteiger partial charge >= 0.3 is 6.03 Å². The monoisotopic (exact) mass is 415 g/mol. The van der Waals surface area contributed by atoms with Crippen LogP contribution in [0.3, 0.4) is 0 Å². The average Bonchev–Trinajstić information content (AvgIpc) is 3.16. The molecule has 0 radical (unpaired) electrons. The van der Waals surface area contributed by atoms with Gasteiger partial charge in [-0.15, -0.1) is 0 Å². The lowest BCUT2D eigenvalue weighted by atomic mass is 10.0. The van der Waals surface area contributed by atoms with Crippen molar-refractivity contribution in [3.63, 3.8) is 0 Å². The van der Waals surface area contributed by atoms with Crippen molar-refractivity contribution >= 4 is 23.3 Å². The zero-order valence-corrected chi connectivity index (χ0v) is 17.6. The standard InChI is InChI=1S/C22H26ClN3O3/c1-15(2)24-22(27)26(13-16-7-6-8-17(11-16)28-3)14-18-12-21(25-29-18)19-9-4-5-10-20(19)23/h4-11,15,18H,12-14H2,1-3H3,(H,24,27). The van der Waals surface area contributed by atoms with E-state index < -0.39 is 0 Å². The highest BCUT2D eigenvalue weighted by atomic mass is 35.5. The molecule has 1 aliphatic rings. The van der Waals surface area contributed by atoms with E-state index in [-0.39, 0.29) is 18.2 Å². The summed E-state index contributed by atoms with van der Waals surface area (Å²) in [5.41, 5.74) is 2.64. The Labute approximate surface area is 176 Å². The zero-order valence-electron chi connectivity index (χ0n) is 16.9. The van der Waals surface area contributed by atoms with Crippen LogP contribution in [0.25, 0.3) is 0 Å². The van der Waals surface area contributed by atoms with Crippen LogP contribution in [0.15, 0.2) is 53.7 Å². The summed E-state index contributed by atoms with van der Waals surface area (Å²) in [6, 6.07) is 15.1. The number of nitrogens with one attached hydrogen (secondary N) is 1. The molecule has 0 fully saturated rings. The largest absolute Gasteiger partial charge is 0.497 e. The molecule has 1 heterocycles. The van der Waals surface area contributed by atoms with Crippen molar-refractivity contribution in [2.45, 2.75) is 39.0 Å². The van der Waals surface area contributed by atoms with Gasteiger partial charge in [0.05, 0.1) is 19.4 Å². The molecule has 1 N–H and O–H groups in total. The first-order valence-corrected chi connectivity index (χ1v) is 10.00. The normalized spacial score (nSPS) is 15.6. The van der Waals surface area contributed by atoms with Crippen LogP contribution in [0.5, 0.6) is 5.75 Å². The quantitative estimate of drug-likeness (QED) is 0.726. The predicted molar refractivity (Wildman–Crippen MR) is 115 cm³/mol. The van der Waals surface area contributed by atoms with E-state index in [1.807, 2.05) is 62.4 Å². The molecule has 1 unspecified atom stereocenters. The third kappa shape index (κ3) is 5.64. The van der Waals surface area contributed by atoms with Crippen LogP contribution >= 0.6 is 11.6 Å². The minimum absolute atomic E-state index is 0.0368. The number of nitrogens with zero attached hydrogens (tertiary/aromatic N) is 2. The third-order valence-electron chi connectivity index (χ3n) is 4.55. The van der Waals surface area contributed by atoms with Gasteiger partial charge in [0.1, 0.15) is 5.75 Å². The number of methoxy groups -OCH3 is 1. The van der Waals surface area contributed by atoms with Crippen LogP contribution in [-0.4, -0.2) is 42.4 Å². The molecule has 6 nitrogen and oxygen atoms in total. The number of hydrogen-bond acceptors (Lipinski definition) is 4. The van der Waals surface area contributed by atoms with Crippen molar-refractivity contribution in [2.24, 2.45) is 5.16 Å². The lowest BCUT2D eigenvalue weighted by molar-refractivity contribution is 0.0586. The first-order chi connectivity index (χ1) is 14.0. The van der Waals surface area contributed by atoms with Gasteiger partial charge in [-0.25, -0.2) is 4.79 Å². The fraction of sp³-hybridized carbons (Fsp3) is 0.364. The maximum absolute atomic E-state index is 12.8. The lowest BCUT2D eigenvalue weighted by Crippen LogP contribution is -2.45. The number of halogens is 1. The minimum atomic E-state index is -0.232. The Bertz CT molecular complexity index is 885. The lowest BCUT2D eigenvalue weighted by Gasteiger charge is -2.26. The van der Waals surface area contributed by atoms with Crippen molar-refractivity contribution in [1.29, 1.82) is 0 Å². The van der Waals surface area contributed by atoms with E-state index in [9.17, 15) is 4.79 Å². The number of ether oxygens (including phenoxy) is 1. The van der Waals surface area contributed by atoms with Crippen LogP contribution in [0.2, 0.25) is 5.02 Å². The van der Waals surface area contributed by atoms with E-state index in [2.05, 4.69) is 10.5 Å².